The minimum atomic E-state index is -1.94. The van der Waals surface area contributed by atoms with E-state index in [0.29, 0.717) is 12.2 Å². The minimum Gasteiger partial charge on any atom is -0.462 e. The molecule has 0 saturated carbocycles. The molecular formula is C70H83BF4N2O3. The number of hydrogen-bond donors (Lipinski definition) is 0. The summed E-state index contributed by atoms with van der Waals surface area (Å²) in [7, 11) is 0. The predicted molar refractivity (Wildman–Crippen MR) is 328 cm³/mol. The fourth-order valence-electron chi connectivity index (χ4n) is 11.7. The molecule has 8 rings (SSSR count). The Kier molecular flexibility index (Phi) is 23.6. The number of halogens is 4. The van der Waals surface area contributed by atoms with Crippen molar-refractivity contribution in [3.63, 3.8) is 0 Å². The normalized spacial score (nSPS) is 11.4. The number of ether oxygens (including phenoxy) is 1. The van der Waals surface area contributed by atoms with Gasteiger partial charge < -0.3 is 14.1 Å². The molecule has 0 fully saturated rings. The smallest absolute Gasteiger partial charge is 0.338 e. The molecule has 0 radical (unpaired) electrons. The van der Waals surface area contributed by atoms with Gasteiger partial charge in [-0.2, -0.15) is 21.9 Å². The lowest BCUT2D eigenvalue weighted by Gasteiger charge is -2.44. The van der Waals surface area contributed by atoms with Crippen LogP contribution in [0.5, 0.6) is 0 Å². The third-order valence-corrected chi connectivity index (χ3v) is 16.1. The maximum absolute atomic E-state index is 13.7. The minimum absolute atomic E-state index is 0.256. The molecule has 0 aromatic heterocycles. The number of nitrogens with zero attached hydrogens (tertiary/aromatic N) is 2. The van der Waals surface area contributed by atoms with Gasteiger partial charge in [-0.25, -0.2) is 26.9 Å². The van der Waals surface area contributed by atoms with Crippen molar-refractivity contribution in [3.05, 3.63) is 192 Å². The Morgan fingerprint density at radius 1 is 0.487 bits per heavy atom. The van der Waals surface area contributed by atoms with E-state index in [2.05, 4.69) is 86.6 Å². The van der Waals surface area contributed by atoms with Gasteiger partial charge in [0.2, 0.25) is 5.36 Å². The van der Waals surface area contributed by atoms with E-state index in [1.54, 1.807) is 48.5 Å². The standard InChI is InChI=1S/C46H67N2O3.C24H16BF4/c1-6-11-12-13-14-15-16-17-18-19-20-21-22-23-24-27-34-50-46(49)40-29-26-25-28-39(40)45-41-32-30-37(47(7-2)8-3)35-43(41)51-44-36-38(31-33-42(44)45)48(9-4)10-5;26-21-9-1-17(2-10-21)25(18-3-11-22(27)12-4-18,19-5-13-23(28)14-6-19)20-7-15-24(29)16-8-20/h25-26,28-33,35-36H,6-24,27,34H2,1-5H3;1-16H/q+1;-1. The summed E-state index contributed by atoms with van der Waals surface area (Å²) in [6.07, 6.45) is 19.3. The summed E-state index contributed by atoms with van der Waals surface area (Å²) in [4.78, 5) is 16.0. The van der Waals surface area contributed by atoms with Crippen LogP contribution in [0.15, 0.2) is 162 Å². The maximum atomic E-state index is 13.7. The monoisotopic (exact) mass is 1090 g/mol. The molecule has 1 aliphatic carbocycles. The molecule has 0 N–H and O–H groups in total. The molecule has 2 aliphatic rings. The average Bonchev–Trinajstić information content (AvgIpc) is 3.53. The average molecular weight is 1090 g/mol. The fourth-order valence-corrected chi connectivity index (χ4v) is 11.7. The molecule has 6 aromatic carbocycles. The number of unbranched alkanes of at least 4 members (excludes halogenated alkanes) is 15. The second kappa shape index (κ2) is 31.2. The van der Waals surface area contributed by atoms with Crippen LogP contribution in [0.3, 0.4) is 0 Å². The molecule has 5 nitrogen and oxygen atoms in total. The fraction of sp³-hybridized carbons (Fsp3) is 0.371. The van der Waals surface area contributed by atoms with Crippen LogP contribution >= 0.6 is 0 Å². The van der Waals surface area contributed by atoms with Gasteiger partial charge in [0.25, 0.3) is 0 Å². The summed E-state index contributed by atoms with van der Waals surface area (Å²) in [6, 6.07) is 44.9. The van der Waals surface area contributed by atoms with Gasteiger partial charge in [0.05, 0.1) is 18.2 Å². The largest absolute Gasteiger partial charge is 0.462 e. The number of esters is 1. The Balaban J connectivity index is 0.000000268. The van der Waals surface area contributed by atoms with Gasteiger partial charge in [0.15, 0.2) is 0 Å². The Labute approximate surface area is 474 Å². The molecule has 0 saturated heterocycles. The van der Waals surface area contributed by atoms with E-state index >= 15 is 0 Å². The second-order valence-electron chi connectivity index (χ2n) is 21.2. The van der Waals surface area contributed by atoms with Crippen molar-refractivity contribution < 1.29 is 31.5 Å². The number of benzene rings is 7. The first-order valence-electron chi connectivity index (χ1n) is 29.9. The number of anilines is 1. The first kappa shape index (κ1) is 60.7. The first-order chi connectivity index (χ1) is 39.0. The van der Waals surface area contributed by atoms with Crippen LogP contribution in [0.2, 0.25) is 0 Å². The van der Waals surface area contributed by atoms with E-state index in [-0.39, 0.29) is 5.97 Å². The quantitative estimate of drug-likeness (QED) is 0.0122. The van der Waals surface area contributed by atoms with Gasteiger partial charge in [0, 0.05) is 47.4 Å². The molecule has 0 spiro atoms. The third kappa shape index (κ3) is 15.7. The summed E-state index contributed by atoms with van der Waals surface area (Å²) in [5.41, 5.74) is 8.42. The van der Waals surface area contributed by atoms with E-state index in [4.69, 9.17) is 9.15 Å². The van der Waals surface area contributed by atoms with Crippen molar-refractivity contribution in [1.82, 2.24) is 4.58 Å². The van der Waals surface area contributed by atoms with Crippen LogP contribution in [0.1, 0.15) is 148 Å². The summed E-state index contributed by atoms with van der Waals surface area (Å²) in [5.74, 6) is -1.01. The molecule has 422 valence electrons. The van der Waals surface area contributed by atoms with Crippen LogP contribution in [0, 0.1) is 23.3 Å². The zero-order valence-corrected chi connectivity index (χ0v) is 48.1. The second-order valence-corrected chi connectivity index (χ2v) is 21.2. The molecule has 6 aromatic rings. The third-order valence-electron chi connectivity index (χ3n) is 16.1. The lowest BCUT2D eigenvalue weighted by Crippen LogP contribution is -2.74. The number of carbonyl (C=O) groups is 1. The molecule has 1 heterocycles. The van der Waals surface area contributed by atoms with Gasteiger partial charge in [-0.15, -0.1) is 0 Å². The molecule has 0 unspecified atom stereocenters. The molecule has 0 bridgehead atoms. The van der Waals surface area contributed by atoms with Crippen molar-refractivity contribution in [3.8, 4) is 22.5 Å². The predicted octanol–water partition coefficient (Wildman–Crippen LogP) is 15.9. The highest BCUT2D eigenvalue weighted by molar-refractivity contribution is 7.19. The van der Waals surface area contributed by atoms with Crippen LogP contribution in [-0.2, 0) is 4.74 Å². The first-order valence-corrected chi connectivity index (χ1v) is 29.9. The Morgan fingerprint density at radius 3 is 1.36 bits per heavy atom. The van der Waals surface area contributed by atoms with Gasteiger partial charge in [-0.1, -0.05) is 170 Å². The van der Waals surface area contributed by atoms with E-state index in [1.807, 2.05) is 18.2 Å². The van der Waals surface area contributed by atoms with Crippen molar-refractivity contribution in [2.24, 2.45) is 0 Å². The van der Waals surface area contributed by atoms with Gasteiger partial charge in [-0.3, -0.25) is 0 Å². The van der Waals surface area contributed by atoms with Gasteiger partial charge >= 0.3 is 5.97 Å². The molecule has 0 atom stereocenters. The molecule has 1 aliphatic heterocycles. The van der Waals surface area contributed by atoms with E-state index in [0.717, 1.165) is 105 Å². The number of carbonyl (C=O) groups excluding carboxylic acids is 1. The number of rotatable bonds is 28. The zero-order chi connectivity index (χ0) is 56.7. The van der Waals surface area contributed by atoms with Gasteiger partial charge in [0.1, 0.15) is 53.8 Å². The Hall–Kier alpha value is -6.94. The van der Waals surface area contributed by atoms with Gasteiger partial charge in [-0.05, 0) is 112 Å². The van der Waals surface area contributed by atoms with E-state index in [1.165, 1.54) is 138 Å². The zero-order valence-electron chi connectivity index (χ0n) is 48.1. The highest BCUT2D eigenvalue weighted by Crippen LogP contribution is 2.42. The highest BCUT2D eigenvalue weighted by atomic mass is 19.1. The van der Waals surface area contributed by atoms with Crippen LogP contribution in [0.4, 0.5) is 23.2 Å². The van der Waals surface area contributed by atoms with Crippen molar-refractivity contribution in [2.75, 3.05) is 37.7 Å². The Morgan fingerprint density at radius 2 is 0.925 bits per heavy atom. The Bertz CT molecular complexity index is 3000. The van der Waals surface area contributed by atoms with Crippen molar-refractivity contribution >= 4 is 50.6 Å². The van der Waals surface area contributed by atoms with Crippen molar-refractivity contribution in [1.29, 1.82) is 0 Å². The molecular weight excluding hydrogens is 1000 g/mol. The van der Waals surface area contributed by atoms with E-state index < -0.39 is 29.4 Å². The number of fused-ring (bicyclic) bond motifs is 2. The molecule has 0 amide bonds. The summed E-state index contributed by atoms with van der Waals surface area (Å²) < 4.78 is 69.7. The summed E-state index contributed by atoms with van der Waals surface area (Å²) in [6.45, 7) is 15.1. The van der Waals surface area contributed by atoms with Crippen molar-refractivity contribution in [2.45, 2.75) is 137 Å². The molecule has 10 heteroatoms. The van der Waals surface area contributed by atoms with Crippen LogP contribution < -0.4 is 36.7 Å². The maximum Gasteiger partial charge on any atom is 0.338 e. The lowest BCUT2D eigenvalue weighted by atomic mass is 9.13. The number of hydrogen-bond acceptors (Lipinski definition) is 4. The molecule has 80 heavy (non-hydrogen) atoms. The topological polar surface area (TPSA) is 45.7 Å². The lowest BCUT2D eigenvalue weighted by molar-refractivity contribution is 0.0498. The van der Waals surface area contributed by atoms with Crippen LogP contribution in [0.25, 0.3) is 33.4 Å². The highest BCUT2D eigenvalue weighted by Gasteiger charge is 2.32. The summed E-state index contributed by atoms with van der Waals surface area (Å²) in [5, 5.41) is 2.12. The summed E-state index contributed by atoms with van der Waals surface area (Å²) >= 11 is 0. The SMILES string of the molecule is CCCCCCCCCCCCCCCCCCOC(=O)c1ccccc1-c1c2ccc(=[N+](CC)CC)cc-2oc2cc(N(CC)CC)ccc12.Fc1ccc([B-](c2ccc(F)cc2)(c2ccc(F)cc2)c2ccc(F)cc2)cc1. The van der Waals surface area contributed by atoms with E-state index in [9.17, 15) is 22.4 Å². The van der Waals surface area contributed by atoms with Crippen LogP contribution in [-0.4, -0.2) is 44.9 Å².